The van der Waals surface area contributed by atoms with E-state index in [1.54, 1.807) is 7.05 Å². The third kappa shape index (κ3) is 5.95. The minimum Gasteiger partial charge on any atom is -0.356 e. The van der Waals surface area contributed by atoms with Crippen LogP contribution >= 0.6 is 24.0 Å². The molecule has 2 N–H and O–H groups in total. The van der Waals surface area contributed by atoms with Crippen LogP contribution in [0.3, 0.4) is 0 Å². The molecule has 24 heavy (non-hydrogen) atoms. The van der Waals surface area contributed by atoms with Gasteiger partial charge in [0.05, 0.1) is 6.20 Å². The van der Waals surface area contributed by atoms with Gasteiger partial charge >= 0.3 is 0 Å². The molecule has 1 unspecified atom stereocenters. The molecule has 1 amide bonds. The van der Waals surface area contributed by atoms with Crippen molar-refractivity contribution in [2.45, 2.75) is 32.1 Å². The van der Waals surface area contributed by atoms with E-state index in [2.05, 4.69) is 31.8 Å². The second-order valence-electron chi connectivity index (χ2n) is 5.95. The molecular formula is C16H29IN6O. The monoisotopic (exact) mass is 448 g/mol. The van der Waals surface area contributed by atoms with E-state index in [1.807, 2.05) is 24.9 Å². The van der Waals surface area contributed by atoms with E-state index in [1.165, 1.54) is 5.56 Å². The number of likely N-dealkylation sites (tertiary alicyclic amines) is 1. The largest absolute Gasteiger partial charge is 0.356 e. The number of guanidine groups is 1. The fourth-order valence-corrected chi connectivity index (χ4v) is 2.85. The van der Waals surface area contributed by atoms with Crippen molar-refractivity contribution in [2.24, 2.45) is 12.0 Å². The Labute approximate surface area is 161 Å². The Morgan fingerprint density at radius 3 is 2.83 bits per heavy atom. The minimum absolute atomic E-state index is 0. The highest BCUT2D eigenvalue weighted by atomic mass is 127. The minimum atomic E-state index is 0. The summed E-state index contributed by atoms with van der Waals surface area (Å²) in [5.74, 6) is 1.46. The van der Waals surface area contributed by atoms with E-state index < -0.39 is 0 Å². The van der Waals surface area contributed by atoms with Crippen molar-refractivity contribution >= 4 is 35.8 Å². The number of carbonyl (C=O) groups is 1. The molecule has 0 saturated carbocycles. The summed E-state index contributed by atoms with van der Waals surface area (Å²) in [6.45, 7) is 5.31. The van der Waals surface area contributed by atoms with Crippen LogP contribution in [0.25, 0.3) is 0 Å². The Hall–Kier alpha value is -1.32. The Kier molecular flexibility index (Phi) is 9.09. The first kappa shape index (κ1) is 20.7. The lowest BCUT2D eigenvalue weighted by molar-refractivity contribution is -0.120. The number of aromatic nitrogens is 2. The molecule has 1 saturated heterocycles. The molecule has 8 heteroatoms. The van der Waals surface area contributed by atoms with Gasteiger partial charge in [-0.3, -0.25) is 14.5 Å². The summed E-state index contributed by atoms with van der Waals surface area (Å²) in [5, 5.41) is 10.4. The highest BCUT2D eigenvalue weighted by Crippen LogP contribution is 2.26. The Morgan fingerprint density at radius 2 is 2.21 bits per heavy atom. The molecule has 1 aliphatic heterocycles. The number of halogens is 1. The third-order valence-corrected chi connectivity index (χ3v) is 4.10. The van der Waals surface area contributed by atoms with Crippen molar-refractivity contribution < 1.29 is 4.79 Å². The van der Waals surface area contributed by atoms with Gasteiger partial charge in [-0.15, -0.1) is 24.0 Å². The molecule has 1 atom stereocenters. The number of aryl methyl sites for hydroxylation is 1. The highest BCUT2D eigenvalue weighted by molar-refractivity contribution is 14.0. The van der Waals surface area contributed by atoms with Gasteiger partial charge in [-0.25, -0.2) is 0 Å². The van der Waals surface area contributed by atoms with E-state index in [9.17, 15) is 4.79 Å². The Balaban J connectivity index is 0.00000288. The lowest BCUT2D eigenvalue weighted by atomic mass is 10.0. The summed E-state index contributed by atoms with van der Waals surface area (Å²) in [5.41, 5.74) is 1.28. The highest BCUT2D eigenvalue weighted by Gasteiger charge is 2.26. The van der Waals surface area contributed by atoms with Crippen LogP contribution in [0.15, 0.2) is 17.4 Å². The zero-order valence-corrected chi connectivity index (χ0v) is 17.1. The van der Waals surface area contributed by atoms with E-state index in [-0.39, 0.29) is 29.9 Å². The molecule has 2 rings (SSSR count). The number of amides is 1. The summed E-state index contributed by atoms with van der Waals surface area (Å²) >= 11 is 0. The summed E-state index contributed by atoms with van der Waals surface area (Å²) in [6.07, 6.45) is 6.57. The van der Waals surface area contributed by atoms with Crippen LogP contribution in [0.5, 0.6) is 0 Å². The smallest absolute Gasteiger partial charge is 0.221 e. The van der Waals surface area contributed by atoms with Gasteiger partial charge in [0.1, 0.15) is 0 Å². The van der Waals surface area contributed by atoms with Crippen LogP contribution in [0.4, 0.5) is 0 Å². The van der Waals surface area contributed by atoms with Crippen molar-refractivity contribution in [3.63, 3.8) is 0 Å². The average Bonchev–Trinajstić information content (AvgIpc) is 3.18. The number of rotatable bonds is 6. The van der Waals surface area contributed by atoms with Gasteiger partial charge in [0, 0.05) is 58.8 Å². The van der Waals surface area contributed by atoms with Gasteiger partial charge in [-0.1, -0.05) is 6.92 Å². The second kappa shape index (κ2) is 10.5. The molecule has 0 bridgehead atoms. The van der Waals surface area contributed by atoms with Crippen molar-refractivity contribution in [3.8, 4) is 0 Å². The van der Waals surface area contributed by atoms with Gasteiger partial charge in [-0.2, -0.15) is 5.10 Å². The van der Waals surface area contributed by atoms with E-state index >= 15 is 0 Å². The van der Waals surface area contributed by atoms with Crippen LogP contribution < -0.4 is 10.6 Å². The van der Waals surface area contributed by atoms with E-state index in [4.69, 9.17) is 0 Å². The maximum absolute atomic E-state index is 11.6. The number of aliphatic imine (C=N–C) groups is 1. The molecule has 0 radical (unpaired) electrons. The van der Waals surface area contributed by atoms with Gasteiger partial charge < -0.3 is 15.5 Å². The Bertz CT molecular complexity index is 544. The first-order chi connectivity index (χ1) is 11.1. The van der Waals surface area contributed by atoms with E-state index in [0.29, 0.717) is 18.9 Å². The van der Waals surface area contributed by atoms with Crippen LogP contribution in [0.2, 0.25) is 0 Å². The molecule has 1 aliphatic rings. The van der Waals surface area contributed by atoms with Crippen LogP contribution in [-0.2, 0) is 11.8 Å². The van der Waals surface area contributed by atoms with Crippen LogP contribution in [0.1, 0.15) is 37.7 Å². The molecule has 0 aliphatic carbocycles. The lowest BCUT2D eigenvalue weighted by Crippen LogP contribution is -2.41. The number of carbonyl (C=O) groups excluding carboxylic acids is 1. The summed E-state index contributed by atoms with van der Waals surface area (Å²) in [6, 6.07) is 0. The number of nitrogens with zero attached hydrogens (tertiary/aromatic N) is 4. The predicted octanol–water partition coefficient (Wildman–Crippen LogP) is 1.32. The van der Waals surface area contributed by atoms with Gasteiger partial charge in [-0.05, 0) is 18.4 Å². The SMILES string of the molecule is CCCNC(=O)CCNC(=NC)N1CCC(c2cnn(C)c2)C1.I. The summed E-state index contributed by atoms with van der Waals surface area (Å²) < 4.78 is 1.85. The zero-order chi connectivity index (χ0) is 16.7. The fourth-order valence-electron chi connectivity index (χ4n) is 2.85. The van der Waals surface area contributed by atoms with Gasteiger partial charge in [0.25, 0.3) is 0 Å². The maximum atomic E-state index is 11.6. The fraction of sp³-hybridized carbons (Fsp3) is 0.688. The number of hydrogen-bond acceptors (Lipinski definition) is 3. The molecule has 1 aromatic heterocycles. The molecule has 2 heterocycles. The molecule has 1 aromatic rings. The van der Waals surface area contributed by atoms with E-state index in [0.717, 1.165) is 38.4 Å². The maximum Gasteiger partial charge on any atom is 0.221 e. The van der Waals surface area contributed by atoms with Crippen LogP contribution in [0, 0.1) is 0 Å². The normalized spacial score (nSPS) is 17.5. The average molecular weight is 448 g/mol. The summed E-state index contributed by atoms with van der Waals surface area (Å²) in [4.78, 5) is 18.2. The van der Waals surface area contributed by atoms with Gasteiger partial charge in [0.15, 0.2) is 5.96 Å². The molecular weight excluding hydrogens is 419 g/mol. The van der Waals surface area contributed by atoms with Crippen molar-refractivity contribution in [1.82, 2.24) is 25.3 Å². The van der Waals surface area contributed by atoms with Crippen LogP contribution in [-0.4, -0.2) is 59.8 Å². The molecule has 1 fully saturated rings. The van der Waals surface area contributed by atoms with Crippen molar-refractivity contribution in [1.29, 1.82) is 0 Å². The predicted molar refractivity (Wildman–Crippen MR) is 107 cm³/mol. The standard InChI is InChI=1S/C16H28N6O.HI/c1-4-7-18-15(23)5-8-19-16(17-2)22-9-6-13(12-22)14-10-20-21(3)11-14;/h10-11,13H,4-9,12H2,1-3H3,(H,17,19)(H,18,23);1H. The summed E-state index contributed by atoms with van der Waals surface area (Å²) in [7, 11) is 3.73. The molecule has 7 nitrogen and oxygen atoms in total. The van der Waals surface area contributed by atoms with Gasteiger partial charge in [0.2, 0.25) is 5.91 Å². The van der Waals surface area contributed by atoms with Crippen molar-refractivity contribution in [2.75, 3.05) is 33.2 Å². The van der Waals surface area contributed by atoms with Crippen molar-refractivity contribution in [3.05, 3.63) is 18.0 Å². The zero-order valence-electron chi connectivity index (χ0n) is 14.8. The lowest BCUT2D eigenvalue weighted by Gasteiger charge is -2.21. The first-order valence-corrected chi connectivity index (χ1v) is 8.34. The quantitative estimate of drug-likeness (QED) is 0.391. The first-order valence-electron chi connectivity index (χ1n) is 8.34. The second-order valence-corrected chi connectivity index (χ2v) is 5.95. The molecule has 0 spiro atoms. The Morgan fingerprint density at radius 1 is 1.42 bits per heavy atom. The molecule has 0 aromatic carbocycles. The number of hydrogen-bond donors (Lipinski definition) is 2. The topological polar surface area (TPSA) is 74.6 Å². The number of nitrogens with one attached hydrogen (secondary N) is 2. The molecule has 136 valence electrons. The third-order valence-electron chi connectivity index (χ3n) is 4.10.